The summed E-state index contributed by atoms with van der Waals surface area (Å²) < 4.78 is 0. The van der Waals surface area contributed by atoms with Crippen molar-refractivity contribution in [1.29, 1.82) is 0 Å². The van der Waals surface area contributed by atoms with Gasteiger partial charge in [-0.2, -0.15) is 0 Å². The number of nitrogens with zero attached hydrogens (tertiary/aromatic N) is 1. The van der Waals surface area contributed by atoms with Crippen molar-refractivity contribution >= 4 is 23.6 Å². The molecule has 4 nitrogen and oxygen atoms in total. The second-order valence-corrected chi connectivity index (χ2v) is 6.80. The van der Waals surface area contributed by atoms with E-state index in [-0.39, 0.29) is 24.4 Å². The number of hydrogen-bond acceptors (Lipinski definition) is 3. The molecule has 1 atom stereocenters. The summed E-state index contributed by atoms with van der Waals surface area (Å²) in [4.78, 5) is 25.3. The predicted molar refractivity (Wildman–Crippen MR) is 97.5 cm³/mol. The molecule has 24 heavy (non-hydrogen) atoms. The highest BCUT2D eigenvalue weighted by Crippen LogP contribution is 2.22. The van der Waals surface area contributed by atoms with Crippen LogP contribution < -0.4 is 5.32 Å². The molecule has 1 fully saturated rings. The lowest BCUT2D eigenvalue weighted by Crippen LogP contribution is -2.39. The zero-order chi connectivity index (χ0) is 16.9. The van der Waals surface area contributed by atoms with E-state index < -0.39 is 0 Å². The van der Waals surface area contributed by atoms with Crippen LogP contribution in [0.3, 0.4) is 0 Å². The molecule has 1 saturated heterocycles. The number of amides is 2. The van der Waals surface area contributed by atoms with Gasteiger partial charge < -0.3 is 10.2 Å². The molecule has 1 N–H and O–H groups in total. The van der Waals surface area contributed by atoms with Crippen LogP contribution in [0.25, 0.3) is 11.1 Å². The summed E-state index contributed by atoms with van der Waals surface area (Å²) in [5, 5.41) is 2.96. The fourth-order valence-electron chi connectivity index (χ4n) is 2.68. The standard InChI is InChI=1S/C19H20N2O2S/c1-14(20-18(22)11-21-13-24-12-19(21)23)15-7-9-17(10-8-15)16-5-3-2-4-6-16/h2-10,14H,11-13H2,1H3,(H,20,22)/t14-/m1/s1. The second-order valence-electron chi connectivity index (χ2n) is 5.85. The molecule has 0 aromatic heterocycles. The largest absolute Gasteiger partial charge is 0.348 e. The molecule has 2 aromatic carbocycles. The summed E-state index contributed by atoms with van der Waals surface area (Å²) in [5.41, 5.74) is 3.37. The molecule has 0 saturated carbocycles. The lowest BCUT2D eigenvalue weighted by atomic mass is 10.0. The van der Waals surface area contributed by atoms with Gasteiger partial charge in [-0.05, 0) is 23.6 Å². The first-order chi connectivity index (χ1) is 11.6. The first-order valence-electron chi connectivity index (χ1n) is 7.94. The van der Waals surface area contributed by atoms with Crippen LogP contribution in [0.1, 0.15) is 18.5 Å². The van der Waals surface area contributed by atoms with Crippen molar-refractivity contribution in [3.63, 3.8) is 0 Å². The fraction of sp³-hybridized carbons (Fsp3) is 0.263. The van der Waals surface area contributed by atoms with Crippen LogP contribution >= 0.6 is 11.8 Å². The molecule has 2 amide bonds. The van der Waals surface area contributed by atoms with Crippen LogP contribution in [0.4, 0.5) is 0 Å². The Morgan fingerprint density at radius 3 is 2.42 bits per heavy atom. The van der Waals surface area contributed by atoms with Gasteiger partial charge in [-0.15, -0.1) is 11.8 Å². The van der Waals surface area contributed by atoms with E-state index >= 15 is 0 Å². The molecule has 0 radical (unpaired) electrons. The molecular weight excluding hydrogens is 320 g/mol. The maximum atomic E-state index is 12.1. The van der Waals surface area contributed by atoms with Gasteiger partial charge in [0.25, 0.3) is 0 Å². The monoisotopic (exact) mass is 340 g/mol. The SMILES string of the molecule is C[C@@H](NC(=O)CN1CSCC1=O)c1ccc(-c2ccccc2)cc1. The molecule has 0 aliphatic carbocycles. The Kier molecular flexibility index (Phi) is 5.20. The normalized spacial score (nSPS) is 15.4. The number of benzene rings is 2. The van der Waals surface area contributed by atoms with Crippen LogP contribution in [0.2, 0.25) is 0 Å². The van der Waals surface area contributed by atoms with Gasteiger partial charge >= 0.3 is 0 Å². The van der Waals surface area contributed by atoms with Crippen molar-refractivity contribution in [2.24, 2.45) is 0 Å². The van der Waals surface area contributed by atoms with Crippen molar-refractivity contribution in [2.75, 3.05) is 18.2 Å². The Labute approximate surface area is 146 Å². The third kappa shape index (κ3) is 3.97. The Hall–Kier alpha value is -2.27. The van der Waals surface area contributed by atoms with Gasteiger partial charge in [0.05, 0.1) is 17.7 Å². The maximum Gasteiger partial charge on any atom is 0.240 e. The molecule has 0 spiro atoms. The number of carbonyl (C=O) groups excluding carboxylic acids is 2. The van der Waals surface area contributed by atoms with E-state index in [1.54, 1.807) is 16.7 Å². The number of hydrogen-bond donors (Lipinski definition) is 1. The zero-order valence-corrected chi connectivity index (χ0v) is 14.4. The van der Waals surface area contributed by atoms with Crippen LogP contribution in [0.5, 0.6) is 0 Å². The fourth-order valence-corrected chi connectivity index (χ4v) is 3.58. The van der Waals surface area contributed by atoms with E-state index in [2.05, 4.69) is 29.6 Å². The topological polar surface area (TPSA) is 49.4 Å². The van der Waals surface area contributed by atoms with E-state index in [0.29, 0.717) is 11.6 Å². The van der Waals surface area contributed by atoms with Crippen LogP contribution in [-0.4, -0.2) is 34.9 Å². The smallest absolute Gasteiger partial charge is 0.240 e. The number of carbonyl (C=O) groups is 2. The average molecular weight is 340 g/mol. The van der Waals surface area contributed by atoms with Crippen LogP contribution in [-0.2, 0) is 9.59 Å². The minimum atomic E-state index is -0.120. The molecule has 3 rings (SSSR count). The lowest BCUT2D eigenvalue weighted by molar-refractivity contribution is -0.132. The van der Waals surface area contributed by atoms with Gasteiger partial charge in [0, 0.05) is 0 Å². The molecular formula is C19H20N2O2S. The highest BCUT2D eigenvalue weighted by atomic mass is 32.2. The van der Waals surface area contributed by atoms with Gasteiger partial charge in [-0.25, -0.2) is 0 Å². The first-order valence-corrected chi connectivity index (χ1v) is 9.09. The summed E-state index contributed by atoms with van der Waals surface area (Å²) in [6.07, 6.45) is 0. The number of nitrogens with one attached hydrogen (secondary N) is 1. The average Bonchev–Trinajstić information content (AvgIpc) is 3.00. The lowest BCUT2D eigenvalue weighted by Gasteiger charge is -2.18. The second kappa shape index (κ2) is 7.53. The van der Waals surface area contributed by atoms with Gasteiger partial charge in [-0.3, -0.25) is 9.59 Å². The van der Waals surface area contributed by atoms with Crippen molar-refractivity contribution < 1.29 is 9.59 Å². The van der Waals surface area contributed by atoms with E-state index in [1.807, 2.05) is 37.3 Å². The Balaban J connectivity index is 1.59. The molecule has 2 aromatic rings. The summed E-state index contributed by atoms with van der Waals surface area (Å²) in [6, 6.07) is 18.3. The van der Waals surface area contributed by atoms with Gasteiger partial charge in [0.1, 0.15) is 6.54 Å². The molecule has 1 heterocycles. The van der Waals surface area contributed by atoms with Crippen molar-refractivity contribution in [3.05, 3.63) is 60.2 Å². The number of rotatable bonds is 5. The minimum Gasteiger partial charge on any atom is -0.348 e. The molecule has 124 valence electrons. The molecule has 1 aliphatic rings. The quantitative estimate of drug-likeness (QED) is 0.910. The summed E-state index contributed by atoms with van der Waals surface area (Å²) in [7, 11) is 0. The van der Waals surface area contributed by atoms with E-state index in [0.717, 1.165) is 11.1 Å². The summed E-state index contributed by atoms with van der Waals surface area (Å²) >= 11 is 1.54. The van der Waals surface area contributed by atoms with Crippen LogP contribution in [0, 0.1) is 0 Å². The first kappa shape index (κ1) is 16.6. The maximum absolute atomic E-state index is 12.1. The number of thioether (sulfide) groups is 1. The molecule has 0 bridgehead atoms. The van der Waals surface area contributed by atoms with E-state index in [9.17, 15) is 9.59 Å². The molecule has 0 unspecified atom stereocenters. The minimum absolute atomic E-state index is 0.0371. The van der Waals surface area contributed by atoms with Crippen LogP contribution in [0.15, 0.2) is 54.6 Å². The third-order valence-corrected chi connectivity index (χ3v) is 5.00. The van der Waals surface area contributed by atoms with Crippen molar-refractivity contribution in [2.45, 2.75) is 13.0 Å². The summed E-state index contributed by atoms with van der Waals surface area (Å²) in [6.45, 7) is 2.09. The highest BCUT2D eigenvalue weighted by molar-refractivity contribution is 8.00. The predicted octanol–water partition coefficient (Wildman–Crippen LogP) is 3.06. The van der Waals surface area contributed by atoms with Gasteiger partial charge in [0.15, 0.2) is 0 Å². The zero-order valence-electron chi connectivity index (χ0n) is 13.6. The van der Waals surface area contributed by atoms with Gasteiger partial charge in [-0.1, -0.05) is 54.6 Å². The molecule has 5 heteroatoms. The van der Waals surface area contributed by atoms with Gasteiger partial charge in [0.2, 0.25) is 11.8 Å². The van der Waals surface area contributed by atoms with E-state index in [1.165, 1.54) is 5.56 Å². The Bertz CT molecular complexity index is 716. The highest BCUT2D eigenvalue weighted by Gasteiger charge is 2.23. The molecule has 1 aliphatic heterocycles. The van der Waals surface area contributed by atoms with Crippen molar-refractivity contribution in [1.82, 2.24) is 10.2 Å². The third-order valence-electron chi connectivity index (χ3n) is 4.06. The summed E-state index contributed by atoms with van der Waals surface area (Å²) in [5.74, 6) is 0.997. The van der Waals surface area contributed by atoms with E-state index in [4.69, 9.17) is 0 Å². The Morgan fingerprint density at radius 1 is 1.12 bits per heavy atom. The Morgan fingerprint density at radius 2 is 1.79 bits per heavy atom. The van der Waals surface area contributed by atoms with Crippen molar-refractivity contribution in [3.8, 4) is 11.1 Å².